The molecule has 8 heavy (non-hydrogen) atoms. The van der Waals surface area contributed by atoms with Crippen molar-refractivity contribution in [1.82, 2.24) is 0 Å². The van der Waals surface area contributed by atoms with E-state index in [0.717, 1.165) is 0 Å². The Morgan fingerprint density at radius 3 is 1.25 bits per heavy atom. The Kier molecular flexibility index (Phi) is 16.8. The maximum Gasteiger partial charge on any atom is 2.00 e. The predicted molar refractivity (Wildman–Crippen MR) is 30.6 cm³/mol. The summed E-state index contributed by atoms with van der Waals surface area (Å²) in [5.74, 6) is 2.14. The molecule has 2 radical (unpaired) electrons. The third kappa shape index (κ3) is 167. The topological polar surface area (TPSA) is 80.3 Å². The van der Waals surface area contributed by atoms with Gasteiger partial charge in [-0.3, -0.25) is 8.42 Å². The van der Waals surface area contributed by atoms with Crippen molar-refractivity contribution in [3.8, 4) is 0 Å². The molecule has 0 rings (SSSR count). The minimum atomic E-state index is -5.17. The van der Waals surface area contributed by atoms with Gasteiger partial charge in [-0.1, -0.05) is 0 Å². The summed E-state index contributed by atoms with van der Waals surface area (Å²) >= 11 is 1.31. The summed E-state index contributed by atoms with van der Waals surface area (Å²) in [6, 6.07) is 0. The summed E-state index contributed by atoms with van der Waals surface area (Å²) in [5, 5.41) is 0. The van der Waals surface area contributed by atoms with Crippen molar-refractivity contribution >= 4 is 54.0 Å². The normalized spacial score (nSPS) is 7.88. The molecule has 0 atom stereocenters. The van der Waals surface area contributed by atoms with Gasteiger partial charge in [-0.2, -0.15) is 0 Å². The fraction of sp³-hybridized carbons (Fsp3) is 1.00. The summed E-state index contributed by atoms with van der Waals surface area (Å²) in [5.41, 5.74) is 0. The molecule has 0 unspecified atom stereocenters. The van der Waals surface area contributed by atoms with Crippen LogP contribution in [0.3, 0.4) is 0 Å². The average molecular weight is 347 g/mol. The first-order chi connectivity index (χ1) is 3.00. The number of rotatable bonds is 0. The molecule has 0 aromatic heterocycles. The van der Waals surface area contributed by atoms with Gasteiger partial charge >= 0.3 is 27.3 Å². The first-order valence-corrected chi connectivity index (χ1v) is 5.00. The smallest absolute Gasteiger partial charge is 0.759 e. The SMILES string of the molecule is O=S(=O)([O-])[O-].[CH3][AlH2].[Pb+2]. The van der Waals surface area contributed by atoms with Crippen LogP contribution >= 0.6 is 0 Å². The summed E-state index contributed by atoms with van der Waals surface area (Å²) in [7, 11) is -5.17. The average Bonchev–Trinajstić information content (AvgIpc) is 1.36. The Bertz CT molecular complexity index is 99.2. The molecule has 46 valence electrons. The first-order valence-electron chi connectivity index (χ1n) is 1.67. The molecule has 4 nitrogen and oxygen atoms in total. The standard InChI is InChI=1S/CH3.Al.H2O4S.Pb.2H/c;;1-5(2,3)4;;;/h1H3;;(H2,1,2,3,4);;;/q;;;+2;;/p-2. The van der Waals surface area contributed by atoms with Crippen LogP contribution < -0.4 is 0 Å². The zero-order valence-electron chi connectivity index (χ0n) is 4.54. The minimum absolute atomic E-state index is 0. The Hall–Kier alpha value is 1.32. The van der Waals surface area contributed by atoms with Crippen LogP contribution in [0.25, 0.3) is 0 Å². The quantitative estimate of drug-likeness (QED) is 0.287. The molecule has 0 fully saturated rings. The molecule has 0 amide bonds. The molecule has 0 saturated carbocycles. The van der Waals surface area contributed by atoms with Gasteiger partial charge in [-0.15, -0.1) is 5.79 Å². The Morgan fingerprint density at radius 2 is 1.25 bits per heavy atom. The predicted octanol–water partition coefficient (Wildman–Crippen LogP) is -2.05. The van der Waals surface area contributed by atoms with Crippen molar-refractivity contribution in [3.63, 3.8) is 0 Å². The molecule has 0 saturated heterocycles. The van der Waals surface area contributed by atoms with Gasteiger partial charge in [0, 0.05) is 10.4 Å². The van der Waals surface area contributed by atoms with Crippen LogP contribution in [0, 0.1) is 0 Å². The fourth-order valence-corrected chi connectivity index (χ4v) is 0. The van der Waals surface area contributed by atoms with Crippen molar-refractivity contribution in [1.29, 1.82) is 0 Å². The largest absolute Gasteiger partial charge is 2.00 e. The number of hydrogen-bond donors (Lipinski definition) is 0. The number of hydrogen-bond acceptors (Lipinski definition) is 4. The maximum absolute atomic E-state index is 8.52. The van der Waals surface area contributed by atoms with Crippen LogP contribution in [-0.4, -0.2) is 61.1 Å². The van der Waals surface area contributed by atoms with Gasteiger partial charge in [0.15, 0.2) is 0 Å². The molecule has 7 heteroatoms. The van der Waals surface area contributed by atoms with Gasteiger partial charge in [0.25, 0.3) is 0 Å². The second-order valence-corrected chi connectivity index (χ2v) is 1.22. The van der Waals surface area contributed by atoms with E-state index in [2.05, 4.69) is 5.79 Å². The van der Waals surface area contributed by atoms with Crippen LogP contribution in [0.1, 0.15) is 0 Å². The van der Waals surface area contributed by atoms with Crippen molar-refractivity contribution < 1.29 is 17.5 Å². The second kappa shape index (κ2) is 8.32. The van der Waals surface area contributed by atoms with Gasteiger partial charge < -0.3 is 9.11 Å². The van der Waals surface area contributed by atoms with Crippen molar-refractivity contribution in [2.45, 2.75) is 5.79 Å². The van der Waals surface area contributed by atoms with Crippen molar-refractivity contribution in [2.75, 3.05) is 0 Å². The Balaban J connectivity index is -0.0000000750. The van der Waals surface area contributed by atoms with Gasteiger partial charge in [0.1, 0.15) is 0 Å². The van der Waals surface area contributed by atoms with E-state index in [-0.39, 0.29) is 27.3 Å². The molecule has 0 heterocycles. The molecule has 0 N–H and O–H groups in total. The van der Waals surface area contributed by atoms with E-state index in [1.165, 1.54) is 16.3 Å². The van der Waals surface area contributed by atoms with E-state index in [9.17, 15) is 0 Å². The molecule has 0 aromatic rings. The fourth-order valence-electron chi connectivity index (χ4n) is 0. The zero-order chi connectivity index (χ0) is 6.50. The van der Waals surface area contributed by atoms with E-state index in [1.54, 1.807) is 0 Å². The molecule has 0 spiro atoms. The van der Waals surface area contributed by atoms with Gasteiger partial charge in [0.2, 0.25) is 16.3 Å². The zero-order valence-corrected chi connectivity index (χ0v) is 11.2. The molecule has 0 aliphatic carbocycles. The van der Waals surface area contributed by atoms with Crippen molar-refractivity contribution in [3.05, 3.63) is 0 Å². The molecule has 0 aliphatic rings. The molecular weight excluding hydrogens is 342 g/mol. The molecular formula is CH5AlO4PbS. The third-order valence-electron chi connectivity index (χ3n) is 0. The third-order valence-corrected chi connectivity index (χ3v) is 0. The van der Waals surface area contributed by atoms with E-state index in [4.69, 9.17) is 17.5 Å². The summed E-state index contributed by atoms with van der Waals surface area (Å²) in [4.78, 5) is 0. The molecule has 0 aliphatic heterocycles. The van der Waals surface area contributed by atoms with E-state index >= 15 is 0 Å². The van der Waals surface area contributed by atoms with Crippen LogP contribution in [0.5, 0.6) is 0 Å². The van der Waals surface area contributed by atoms with Gasteiger partial charge in [-0.25, -0.2) is 0 Å². The summed E-state index contributed by atoms with van der Waals surface area (Å²) in [6.45, 7) is 0. The summed E-state index contributed by atoms with van der Waals surface area (Å²) in [6.07, 6.45) is 0. The molecule has 0 aromatic carbocycles. The second-order valence-electron chi connectivity index (χ2n) is 0.408. The Morgan fingerprint density at radius 1 is 1.25 bits per heavy atom. The van der Waals surface area contributed by atoms with E-state index in [0.29, 0.717) is 0 Å². The van der Waals surface area contributed by atoms with Crippen LogP contribution in [-0.2, 0) is 10.4 Å². The van der Waals surface area contributed by atoms with Crippen LogP contribution in [0.2, 0.25) is 5.79 Å². The monoisotopic (exact) mass is 348 g/mol. The van der Waals surface area contributed by atoms with Gasteiger partial charge in [-0.05, 0) is 0 Å². The Labute approximate surface area is 76.8 Å². The van der Waals surface area contributed by atoms with Crippen molar-refractivity contribution in [2.24, 2.45) is 0 Å². The first kappa shape index (κ1) is 16.2. The molecule has 0 bridgehead atoms. The maximum atomic E-state index is 8.52. The van der Waals surface area contributed by atoms with Gasteiger partial charge in [0.05, 0.1) is 0 Å². The minimum Gasteiger partial charge on any atom is -0.759 e. The van der Waals surface area contributed by atoms with E-state index in [1.807, 2.05) is 0 Å². The van der Waals surface area contributed by atoms with E-state index < -0.39 is 10.4 Å². The summed E-state index contributed by atoms with van der Waals surface area (Å²) < 4.78 is 34.1. The van der Waals surface area contributed by atoms with Crippen LogP contribution in [0.15, 0.2) is 0 Å². The van der Waals surface area contributed by atoms with Crippen LogP contribution in [0.4, 0.5) is 0 Å².